The fraction of sp³-hybridized carbons (Fsp3) is 0.500. The summed E-state index contributed by atoms with van der Waals surface area (Å²) in [5, 5.41) is 10.8. The highest BCUT2D eigenvalue weighted by atomic mass is 16.2. The van der Waals surface area contributed by atoms with Crippen molar-refractivity contribution in [2.45, 2.75) is 18.4 Å². The summed E-state index contributed by atoms with van der Waals surface area (Å²) in [5.74, 6) is -0.810. The minimum absolute atomic E-state index is 0.0179. The molecular weight excluding hydrogens is 266 g/mol. The van der Waals surface area contributed by atoms with Crippen LogP contribution in [-0.2, 0) is 4.79 Å². The van der Waals surface area contributed by atoms with E-state index in [1.165, 1.54) is 4.90 Å². The normalized spacial score (nSPS) is 25.7. The molecule has 0 bridgehead atoms. The fourth-order valence-corrected chi connectivity index (χ4v) is 2.56. The van der Waals surface area contributed by atoms with Crippen LogP contribution in [0.15, 0.2) is 0 Å². The van der Waals surface area contributed by atoms with Gasteiger partial charge in [-0.3, -0.25) is 20.0 Å². The average molecular weight is 279 g/mol. The number of urea groups is 1. The first-order valence-electron chi connectivity index (χ1n) is 6.11. The lowest BCUT2D eigenvalue weighted by Gasteiger charge is -2.37. The van der Waals surface area contributed by atoms with E-state index in [0.29, 0.717) is 19.4 Å². The van der Waals surface area contributed by atoms with E-state index in [1.54, 1.807) is 0 Å². The number of piperidine rings is 1. The molecule has 1 aromatic heterocycles. The highest BCUT2D eigenvalue weighted by Crippen LogP contribution is 2.25. The molecule has 2 aliphatic heterocycles. The van der Waals surface area contributed by atoms with Crippen LogP contribution in [0, 0.1) is 0 Å². The first kappa shape index (κ1) is 12.4. The Bertz CT molecular complexity index is 597. The first-order valence-corrected chi connectivity index (χ1v) is 6.11. The molecule has 0 aromatic carbocycles. The van der Waals surface area contributed by atoms with Gasteiger partial charge in [0.1, 0.15) is 5.54 Å². The van der Waals surface area contributed by atoms with E-state index >= 15 is 0 Å². The Morgan fingerprint density at radius 2 is 2.20 bits per heavy atom. The second kappa shape index (κ2) is 4.18. The van der Waals surface area contributed by atoms with E-state index in [0.717, 1.165) is 0 Å². The number of hydrogen-bond donors (Lipinski definition) is 4. The van der Waals surface area contributed by atoms with Crippen LogP contribution >= 0.6 is 0 Å². The topological polar surface area (TPSA) is 146 Å². The summed E-state index contributed by atoms with van der Waals surface area (Å²) in [6.07, 6.45) is 1.09. The van der Waals surface area contributed by atoms with Crippen molar-refractivity contribution in [3.63, 3.8) is 0 Å². The number of carbonyl (C=O) groups excluding carboxylic acids is 3. The number of nitrogens with one attached hydrogen (secondary N) is 3. The molecule has 0 radical (unpaired) electrons. The summed E-state index contributed by atoms with van der Waals surface area (Å²) < 4.78 is 0. The number of hydrogen-bond acceptors (Lipinski definition) is 6. The molecule has 2 saturated heterocycles. The number of imide groups is 1. The highest BCUT2D eigenvalue weighted by Gasteiger charge is 2.49. The van der Waals surface area contributed by atoms with E-state index in [9.17, 15) is 14.4 Å². The average Bonchev–Trinajstić information content (AvgIpc) is 2.94. The van der Waals surface area contributed by atoms with Gasteiger partial charge in [0.25, 0.3) is 11.8 Å². The maximum absolute atomic E-state index is 12.2. The van der Waals surface area contributed by atoms with E-state index in [1.807, 2.05) is 0 Å². The molecule has 0 aliphatic carbocycles. The van der Waals surface area contributed by atoms with Crippen LogP contribution in [0.4, 0.5) is 10.7 Å². The first-order chi connectivity index (χ1) is 9.50. The Morgan fingerprint density at radius 3 is 2.80 bits per heavy atom. The Kier molecular flexibility index (Phi) is 2.59. The van der Waals surface area contributed by atoms with Crippen molar-refractivity contribution in [3.05, 3.63) is 5.82 Å². The van der Waals surface area contributed by atoms with Gasteiger partial charge in [0.05, 0.1) is 6.54 Å². The molecule has 20 heavy (non-hydrogen) atoms. The molecule has 10 heteroatoms. The van der Waals surface area contributed by atoms with Crippen molar-refractivity contribution in [2.24, 2.45) is 0 Å². The number of aromatic nitrogens is 3. The number of rotatable bonds is 1. The van der Waals surface area contributed by atoms with E-state index in [4.69, 9.17) is 5.73 Å². The number of carbonyl (C=O) groups is 3. The van der Waals surface area contributed by atoms with Gasteiger partial charge in [0, 0.05) is 6.54 Å². The van der Waals surface area contributed by atoms with Crippen molar-refractivity contribution in [3.8, 4) is 0 Å². The van der Waals surface area contributed by atoms with Gasteiger partial charge in [-0.05, 0) is 12.8 Å². The summed E-state index contributed by atoms with van der Waals surface area (Å²) in [5.41, 5.74) is 4.31. The second-order valence-corrected chi connectivity index (χ2v) is 4.86. The monoisotopic (exact) mass is 279 g/mol. The molecule has 0 saturated carbocycles. The van der Waals surface area contributed by atoms with E-state index in [-0.39, 0.29) is 18.3 Å². The maximum atomic E-state index is 12.2. The quantitative estimate of drug-likeness (QED) is 0.446. The third-order valence-electron chi connectivity index (χ3n) is 3.50. The number of anilines is 1. The zero-order valence-electron chi connectivity index (χ0n) is 10.5. The highest BCUT2D eigenvalue weighted by molar-refractivity contribution is 6.07. The van der Waals surface area contributed by atoms with Gasteiger partial charge in [-0.2, -0.15) is 4.98 Å². The SMILES string of the molecule is Nc1n[nH]c(C(=O)N2CCCC3(C2)NC(=O)NC3=O)n1. The van der Waals surface area contributed by atoms with Crippen molar-refractivity contribution >= 4 is 23.8 Å². The van der Waals surface area contributed by atoms with Crippen LogP contribution in [0.1, 0.15) is 23.5 Å². The zero-order chi connectivity index (χ0) is 14.3. The molecule has 2 aliphatic rings. The van der Waals surface area contributed by atoms with Gasteiger partial charge in [-0.1, -0.05) is 0 Å². The van der Waals surface area contributed by atoms with Gasteiger partial charge < -0.3 is 16.0 Å². The largest absolute Gasteiger partial charge is 0.366 e. The smallest absolute Gasteiger partial charge is 0.322 e. The molecule has 1 spiro atoms. The lowest BCUT2D eigenvalue weighted by atomic mass is 9.89. The molecular formula is C10H13N7O3. The zero-order valence-corrected chi connectivity index (χ0v) is 10.5. The number of amides is 4. The van der Waals surface area contributed by atoms with Crippen molar-refractivity contribution in [1.82, 2.24) is 30.7 Å². The fourth-order valence-electron chi connectivity index (χ4n) is 2.56. The third-order valence-corrected chi connectivity index (χ3v) is 3.50. The maximum Gasteiger partial charge on any atom is 0.322 e. The summed E-state index contributed by atoms with van der Waals surface area (Å²) in [6.45, 7) is 0.578. The third kappa shape index (κ3) is 1.85. The second-order valence-electron chi connectivity index (χ2n) is 4.86. The predicted octanol–water partition coefficient (Wildman–Crippen LogP) is -1.80. The summed E-state index contributed by atoms with van der Waals surface area (Å²) in [6, 6.07) is -0.534. The molecule has 1 aromatic rings. The van der Waals surface area contributed by atoms with Gasteiger partial charge in [-0.25, -0.2) is 4.79 Å². The van der Waals surface area contributed by atoms with Gasteiger partial charge in [0.2, 0.25) is 11.8 Å². The van der Waals surface area contributed by atoms with Gasteiger partial charge in [-0.15, -0.1) is 5.10 Å². The molecule has 3 rings (SSSR count). The molecule has 2 fully saturated rings. The summed E-state index contributed by atoms with van der Waals surface area (Å²) >= 11 is 0. The van der Waals surface area contributed by atoms with Crippen LogP contribution < -0.4 is 16.4 Å². The minimum Gasteiger partial charge on any atom is -0.366 e. The number of H-pyrrole nitrogens is 1. The molecule has 10 nitrogen and oxygen atoms in total. The standard InChI is InChI=1S/C10H13N7O3/c11-8-12-5(15-16-8)6(18)17-3-1-2-10(4-17)7(19)13-9(20)14-10/h1-4H2,(H3,11,12,15,16)(H2,13,14,19,20). The summed E-state index contributed by atoms with van der Waals surface area (Å²) in [7, 11) is 0. The molecule has 3 heterocycles. The van der Waals surface area contributed by atoms with Crippen molar-refractivity contribution in [2.75, 3.05) is 18.8 Å². The number of nitrogens with two attached hydrogens (primary N) is 1. The van der Waals surface area contributed by atoms with Gasteiger partial charge >= 0.3 is 6.03 Å². The molecule has 1 unspecified atom stereocenters. The van der Waals surface area contributed by atoms with E-state index < -0.39 is 23.4 Å². The predicted molar refractivity (Wildman–Crippen MR) is 65.3 cm³/mol. The minimum atomic E-state index is -1.05. The number of nitrogen functional groups attached to an aromatic ring is 1. The Hall–Kier alpha value is -2.65. The molecule has 5 N–H and O–H groups in total. The Balaban J connectivity index is 1.80. The van der Waals surface area contributed by atoms with Crippen LogP contribution in [0.5, 0.6) is 0 Å². The lowest BCUT2D eigenvalue weighted by Crippen LogP contribution is -2.59. The molecule has 4 amide bonds. The Morgan fingerprint density at radius 1 is 1.40 bits per heavy atom. The van der Waals surface area contributed by atoms with Crippen molar-refractivity contribution < 1.29 is 14.4 Å². The lowest BCUT2D eigenvalue weighted by molar-refractivity contribution is -0.125. The molecule has 106 valence electrons. The van der Waals surface area contributed by atoms with Crippen molar-refractivity contribution in [1.29, 1.82) is 0 Å². The summed E-state index contributed by atoms with van der Waals surface area (Å²) in [4.78, 5) is 40.6. The van der Waals surface area contributed by atoms with E-state index in [2.05, 4.69) is 25.8 Å². The number of nitrogens with zero attached hydrogens (tertiary/aromatic N) is 3. The van der Waals surface area contributed by atoms with Crippen LogP contribution in [0.25, 0.3) is 0 Å². The van der Waals surface area contributed by atoms with Crippen LogP contribution in [0.2, 0.25) is 0 Å². The van der Waals surface area contributed by atoms with Gasteiger partial charge in [0.15, 0.2) is 0 Å². The molecule has 1 atom stereocenters. The number of aromatic amines is 1. The van der Waals surface area contributed by atoms with Crippen LogP contribution in [-0.4, -0.2) is 56.6 Å². The van der Waals surface area contributed by atoms with Crippen LogP contribution in [0.3, 0.4) is 0 Å². The number of likely N-dealkylation sites (tertiary alicyclic amines) is 1. The Labute approximate surface area is 113 Å².